The highest BCUT2D eigenvalue weighted by Gasteiger charge is 2.24. The van der Waals surface area contributed by atoms with E-state index >= 15 is 0 Å². The standard InChI is InChI=1S/C17H23N3O/c1-14(16-11-18-12-16)17(21)20-9-7-19(8-10-20)13-15-5-3-2-4-6-15/h2-6,18H,7-13H2,1H3. The highest BCUT2D eigenvalue weighted by Crippen LogP contribution is 2.14. The van der Waals surface area contributed by atoms with E-state index in [-0.39, 0.29) is 5.91 Å². The van der Waals surface area contributed by atoms with Crippen molar-refractivity contribution in [3.63, 3.8) is 0 Å². The third-order valence-corrected chi connectivity index (χ3v) is 4.44. The zero-order chi connectivity index (χ0) is 14.7. The minimum Gasteiger partial charge on any atom is -0.336 e. The van der Waals surface area contributed by atoms with Gasteiger partial charge in [0.25, 0.3) is 0 Å². The Hall–Kier alpha value is -1.65. The normalized spacial score (nSPS) is 19.3. The van der Waals surface area contributed by atoms with Crippen molar-refractivity contribution in [3.8, 4) is 0 Å². The molecule has 0 saturated carbocycles. The molecule has 2 heterocycles. The summed E-state index contributed by atoms with van der Waals surface area (Å²) in [6.07, 6.45) is 0. The van der Waals surface area contributed by atoms with Crippen LogP contribution in [0.25, 0.3) is 0 Å². The van der Waals surface area contributed by atoms with Crippen LogP contribution in [-0.2, 0) is 11.3 Å². The summed E-state index contributed by atoms with van der Waals surface area (Å²) in [6.45, 7) is 8.30. The van der Waals surface area contributed by atoms with Gasteiger partial charge in [0.05, 0.1) is 0 Å². The minimum atomic E-state index is 0.228. The first-order chi connectivity index (χ1) is 10.2. The topological polar surface area (TPSA) is 35.6 Å². The number of hydrogen-bond acceptors (Lipinski definition) is 3. The molecule has 112 valence electrons. The number of piperazine rings is 1. The van der Waals surface area contributed by atoms with E-state index < -0.39 is 0 Å². The predicted molar refractivity (Wildman–Crippen MR) is 83.9 cm³/mol. The molecule has 0 aliphatic carbocycles. The van der Waals surface area contributed by atoms with Crippen molar-refractivity contribution in [1.82, 2.24) is 15.1 Å². The van der Waals surface area contributed by atoms with E-state index in [0.29, 0.717) is 0 Å². The molecule has 1 aromatic rings. The highest BCUT2D eigenvalue weighted by atomic mass is 16.2. The molecular formula is C17H23N3O. The molecule has 1 N–H and O–H groups in total. The summed E-state index contributed by atoms with van der Waals surface area (Å²) in [6, 6.07) is 10.5. The van der Waals surface area contributed by atoms with Crippen LogP contribution >= 0.6 is 0 Å². The molecule has 21 heavy (non-hydrogen) atoms. The van der Waals surface area contributed by atoms with E-state index in [4.69, 9.17) is 0 Å². The molecule has 1 amide bonds. The van der Waals surface area contributed by atoms with Gasteiger partial charge < -0.3 is 10.2 Å². The molecule has 2 aliphatic rings. The molecule has 0 radical (unpaired) electrons. The summed E-state index contributed by atoms with van der Waals surface area (Å²) < 4.78 is 0. The van der Waals surface area contributed by atoms with Gasteiger partial charge in [-0.1, -0.05) is 30.3 Å². The average molecular weight is 285 g/mol. The smallest absolute Gasteiger partial charge is 0.249 e. The zero-order valence-electron chi connectivity index (χ0n) is 12.6. The first kappa shape index (κ1) is 14.3. The highest BCUT2D eigenvalue weighted by molar-refractivity contribution is 5.94. The Bertz CT molecular complexity index is 524. The van der Waals surface area contributed by atoms with Crippen molar-refractivity contribution in [1.29, 1.82) is 0 Å². The first-order valence-electron chi connectivity index (χ1n) is 7.69. The number of benzene rings is 1. The van der Waals surface area contributed by atoms with Gasteiger partial charge in [0.1, 0.15) is 0 Å². The van der Waals surface area contributed by atoms with Crippen molar-refractivity contribution in [2.24, 2.45) is 0 Å². The lowest BCUT2D eigenvalue weighted by atomic mass is 10.0. The van der Waals surface area contributed by atoms with Crippen LogP contribution in [0.15, 0.2) is 41.5 Å². The molecule has 4 nitrogen and oxygen atoms in total. The molecule has 0 bridgehead atoms. The maximum absolute atomic E-state index is 12.4. The third-order valence-electron chi connectivity index (χ3n) is 4.44. The second-order valence-electron chi connectivity index (χ2n) is 5.89. The van der Waals surface area contributed by atoms with Crippen LogP contribution in [0.1, 0.15) is 12.5 Å². The van der Waals surface area contributed by atoms with Crippen molar-refractivity contribution >= 4 is 5.91 Å². The fraction of sp³-hybridized carbons (Fsp3) is 0.471. The molecule has 0 spiro atoms. The Morgan fingerprint density at radius 3 is 2.33 bits per heavy atom. The molecule has 2 aliphatic heterocycles. The van der Waals surface area contributed by atoms with Crippen LogP contribution < -0.4 is 5.32 Å². The fourth-order valence-electron chi connectivity index (χ4n) is 2.85. The number of carbonyl (C=O) groups is 1. The van der Waals surface area contributed by atoms with Gasteiger partial charge in [0.2, 0.25) is 5.91 Å². The number of nitrogens with one attached hydrogen (secondary N) is 1. The summed E-state index contributed by atoms with van der Waals surface area (Å²) >= 11 is 0. The van der Waals surface area contributed by atoms with Gasteiger partial charge in [0, 0.05) is 51.4 Å². The van der Waals surface area contributed by atoms with Crippen molar-refractivity contribution < 1.29 is 4.79 Å². The molecule has 4 heteroatoms. The molecule has 1 aromatic carbocycles. The van der Waals surface area contributed by atoms with Crippen LogP contribution in [0, 0.1) is 0 Å². The summed E-state index contributed by atoms with van der Waals surface area (Å²) in [5.41, 5.74) is 3.56. The maximum atomic E-state index is 12.4. The second-order valence-corrected chi connectivity index (χ2v) is 5.89. The summed E-state index contributed by atoms with van der Waals surface area (Å²) in [5.74, 6) is 0.228. The van der Waals surface area contributed by atoms with E-state index in [9.17, 15) is 4.79 Å². The van der Waals surface area contributed by atoms with Crippen LogP contribution in [0.2, 0.25) is 0 Å². The lowest BCUT2D eigenvalue weighted by Crippen LogP contribution is -2.49. The largest absolute Gasteiger partial charge is 0.336 e. The molecule has 0 unspecified atom stereocenters. The lowest BCUT2D eigenvalue weighted by molar-refractivity contribution is -0.129. The van der Waals surface area contributed by atoms with Crippen LogP contribution in [0.3, 0.4) is 0 Å². The van der Waals surface area contributed by atoms with Gasteiger partial charge >= 0.3 is 0 Å². The minimum absolute atomic E-state index is 0.228. The van der Waals surface area contributed by atoms with Crippen molar-refractivity contribution in [2.45, 2.75) is 13.5 Å². The molecule has 3 rings (SSSR count). The van der Waals surface area contributed by atoms with E-state index in [1.807, 2.05) is 17.9 Å². The van der Waals surface area contributed by atoms with Crippen LogP contribution in [0.5, 0.6) is 0 Å². The lowest BCUT2D eigenvalue weighted by Gasteiger charge is -2.35. The zero-order valence-corrected chi connectivity index (χ0v) is 12.6. The molecule has 2 saturated heterocycles. The Morgan fingerprint density at radius 1 is 1.10 bits per heavy atom. The number of carbonyl (C=O) groups excluding carboxylic acids is 1. The van der Waals surface area contributed by atoms with Gasteiger partial charge in [-0.15, -0.1) is 0 Å². The van der Waals surface area contributed by atoms with Gasteiger partial charge in [-0.2, -0.15) is 0 Å². The SMILES string of the molecule is CC(C(=O)N1CCN(Cc2ccccc2)CC1)=C1CNC1. The average Bonchev–Trinajstić information content (AvgIpc) is 2.46. The summed E-state index contributed by atoms with van der Waals surface area (Å²) in [5, 5.41) is 3.20. The Labute approximate surface area is 126 Å². The predicted octanol–water partition coefficient (Wildman–Crippen LogP) is 1.25. The van der Waals surface area contributed by atoms with Crippen LogP contribution in [-0.4, -0.2) is 55.0 Å². The molecule has 0 aromatic heterocycles. The van der Waals surface area contributed by atoms with Crippen molar-refractivity contribution in [3.05, 3.63) is 47.0 Å². The first-order valence-corrected chi connectivity index (χ1v) is 7.69. The maximum Gasteiger partial charge on any atom is 0.249 e. The fourth-order valence-corrected chi connectivity index (χ4v) is 2.85. The molecule has 0 atom stereocenters. The Kier molecular flexibility index (Phi) is 4.36. The number of nitrogens with zero attached hydrogens (tertiary/aromatic N) is 2. The van der Waals surface area contributed by atoms with Crippen molar-refractivity contribution in [2.75, 3.05) is 39.3 Å². The number of rotatable bonds is 3. The molecular weight excluding hydrogens is 262 g/mol. The quantitative estimate of drug-likeness (QED) is 0.849. The Balaban J connectivity index is 1.52. The van der Waals surface area contributed by atoms with Gasteiger partial charge in [0.15, 0.2) is 0 Å². The van der Waals surface area contributed by atoms with Gasteiger partial charge in [-0.05, 0) is 18.1 Å². The van der Waals surface area contributed by atoms with Gasteiger partial charge in [-0.25, -0.2) is 0 Å². The number of hydrogen-bond donors (Lipinski definition) is 1. The monoisotopic (exact) mass is 285 g/mol. The van der Waals surface area contributed by atoms with E-state index in [0.717, 1.165) is 51.4 Å². The van der Waals surface area contributed by atoms with E-state index in [2.05, 4.69) is 34.5 Å². The molecule has 2 fully saturated rings. The summed E-state index contributed by atoms with van der Waals surface area (Å²) in [4.78, 5) is 16.8. The summed E-state index contributed by atoms with van der Waals surface area (Å²) in [7, 11) is 0. The number of amides is 1. The van der Waals surface area contributed by atoms with Gasteiger partial charge in [-0.3, -0.25) is 9.69 Å². The third kappa shape index (κ3) is 3.34. The Morgan fingerprint density at radius 2 is 1.76 bits per heavy atom. The van der Waals surface area contributed by atoms with E-state index in [1.165, 1.54) is 11.1 Å². The second kappa shape index (κ2) is 6.41. The van der Waals surface area contributed by atoms with E-state index in [1.54, 1.807) is 0 Å². The van der Waals surface area contributed by atoms with Crippen LogP contribution in [0.4, 0.5) is 0 Å².